The molecule has 17 heavy (non-hydrogen) atoms. The normalized spacial score (nSPS) is 10.6. The Bertz CT molecular complexity index is 466. The largest absolute Gasteiger partial charge is 0.508 e. The van der Waals surface area contributed by atoms with Crippen molar-refractivity contribution in [2.24, 2.45) is 0 Å². The first kappa shape index (κ1) is 11.7. The molecule has 0 radical (unpaired) electrons. The van der Waals surface area contributed by atoms with E-state index in [1.807, 2.05) is 29.8 Å². The number of hydrogen-bond donors (Lipinski definition) is 2. The zero-order chi connectivity index (χ0) is 12.1. The maximum absolute atomic E-state index is 9.66. The molecule has 4 heteroatoms. The molecule has 0 amide bonds. The van der Waals surface area contributed by atoms with Crippen LogP contribution in [0.15, 0.2) is 36.9 Å². The molecular formula is C13H17N3O. The van der Waals surface area contributed by atoms with Gasteiger partial charge in [0.25, 0.3) is 0 Å². The minimum atomic E-state index is 0.353. The monoisotopic (exact) mass is 231 g/mol. The Balaban J connectivity index is 1.80. The van der Waals surface area contributed by atoms with E-state index in [4.69, 9.17) is 0 Å². The van der Waals surface area contributed by atoms with Crippen molar-refractivity contribution in [1.29, 1.82) is 0 Å². The van der Waals surface area contributed by atoms with Crippen LogP contribution in [0.25, 0.3) is 0 Å². The molecule has 2 N–H and O–H groups in total. The van der Waals surface area contributed by atoms with Crippen molar-refractivity contribution in [2.75, 3.05) is 6.54 Å². The molecule has 0 fully saturated rings. The number of hydrogen-bond acceptors (Lipinski definition) is 3. The molecular weight excluding hydrogens is 214 g/mol. The minimum Gasteiger partial charge on any atom is -0.508 e. The summed E-state index contributed by atoms with van der Waals surface area (Å²) < 4.78 is 2.02. The molecule has 0 aliphatic carbocycles. The molecule has 0 unspecified atom stereocenters. The van der Waals surface area contributed by atoms with Gasteiger partial charge < -0.3 is 15.0 Å². The van der Waals surface area contributed by atoms with Crippen LogP contribution in [0, 0.1) is 6.92 Å². The summed E-state index contributed by atoms with van der Waals surface area (Å²) in [5, 5.41) is 13.0. The van der Waals surface area contributed by atoms with Crippen molar-refractivity contribution < 1.29 is 5.11 Å². The summed E-state index contributed by atoms with van der Waals surface area (Å²) in [7, 11) is 0. The second kappa shape index (κ2) is 5.50. The molecule has 0 spiro atoms. The van der Waals surface area contributed by atoms with Gasteiger partial charge in [-0.2, -0.15) is 0 Å². The fourth-order valence-electron chi connectivity index (χ4n) is 1.71. The van der Waals surface area contributed by atoms with Crippen molar-refractivity contribution in [2.45, 2.75) is 20.0 Å². The molecule has 0 atom stereocenters. The van der Waals surface area contributed by atoms with Crippen LogP contribution in [-0.2, 0) is 13.1 Å². The molecule has 1 aromatic carbocycles. The standard InChI is InChI=1S/C13H17N3O/c1-11-2-3-13(17)12(8-11)9-14-4-6-16-7-5-15-10-16/h2-3,5,7-8,10,14,17H,4,6,9H2,1H3. The third-order valence-corrected chi connectivity index (χ3v) is 2.66. The molecule has 0 bridgehead atoms. The van der Waals surface area contributed by atoms with Crippen LogP contribution >= 0.6 is 0 Å². The van der Waals surface area contributed by atoms with E-state index in [2.05, 4.69) is 10.3 Å². The lowest BCUT2D eigenvalue weighted by atomic mass is 10.1. The highest BCUT2D eigenvalue weighted by Crippen LogP contribution is 2.17. The average Bonchev–Trinajstić information content (AvgIpc) is 2.82. The van der Waals surface area contributed by atoms with Crippen LogP contribution in [0.2, 0.25) is 0 Å². The Morgan fingerprint density at radius 1 is 1.41 bits per heavy atom. The van der Waals surface area contributed by atoms with E-state index in [9.17, 15) is 5.11 Å². The lowest BCUT2D eigenvalue weighted by Gasteiger charge is -2.08. The van der Waals surface area contributed by atoms with Crippen LogP contribution in [0.1, 0.15) is 11.1 Å². The van der Waals surface area contributed by atoms with Gasteiger partial charge in [0, 0.05) is 37.6 Å². The van der Waals surface area contributed by atoms with Crippen LogP contribution in [0.5, 0.6) is 5.75 Å². The topological polar surface area (TPSA) is 50.1 Å². The number of nitrogens with one attached hydrogen (secondary N) is 1. The second-order valence-electron chi connectivity index (χ2n) is 4.11. The average molecular weight is 231 g/mol. The fourth-order valence-corrected chi connectivity index (χ4v) is 1.71. The van der Waals surface area contributed by atoms with Crippen LogP contribution in [0.4, 0.5) is 0 Å². The number of benzene rings is 1. The van der Waals surface area contributed by atoms with Gasteiger partial charge in [0.15, 0.2) is 0 Å². The van der Waals surface area contributed by atoms with E-state index in [1.165, 1.54) is 0 Å². The highest BCUT2D eigenvalue weighted by atomic mass is 16.3. The maximum Gasteiger partial charge on any atom is 0.120 e. The first-order valence-corrected chi connectivity index (χ1v) is 5.70. The third-order valence-electron chi connectivity index (χ3n) is 2.66. The molecule has 2 rings (SSSR count). The van der Waals surface area contributed by atoms with Gasteiger partial charge in [0.05, 0.1) is 6.33 Å². The number of phenols is 1. The van der Waals surface area contributed by atoms with E-state index in [0.717, 1.165) is 24.2 Å². The number of rotatable bonds is 5. The molecule has 0 aliphatic heterocycles. The number of imidazole rings is 1. The molecule has 2 aromatic rings. The number of aromatic nitrogens is 2. The number of phenolic OH excluding ortho intramolecular Hbond substituents is 1. The fraction of sp³-hybridized carbons (Fsp3) is 0.308. The third kappa shape index (κ3) is 3.32. The Kier molecular flexibility index (Phi) is 3.77. The summed E-state index contributed by atoms with van der Waals surface area (Å²) in [6.45, 7) is 4.44. The van der Waals surface area contributed by atoms with Gasteiger partial charge in [-0.05, 0) is 13.0 Å². The van der Waals surface area contributed by atoms with E-state index >= 15 is 0 Å². The summed E-state index contributed by atoms with van der Waals surface area (Å²) in [4.78, 5) is 3.98. The first-order valence-electron chi connectivity index (χ1n) is 5.70. The molecule has 1 aromatic heterocycles. The lowest BCUT2D eigenvalue weighted by Crippen LogP contribution is -2.19. The van der Waals surface area contributed by atoms with Gasteiger partial charge in [-0.15, -0.1) is 0 Å². The van der Waals surface area contributed by atoms with Crippen molar-refractivity contribution in [3.05, 3.63) is 48.0 Å². The Hall–Kier alpha value is -1.81. The summed E-state index contributed by atoms with van der Waals surface area (Å²) in [6, 6.07) is 5.64. The number of aromatic hydroxyl groups is 1. The Morgan fingerprint density at radius 3 is 3.06 bits per heavy atom. The van der Waals surface area contributed by atoms with Gasteiger partial charge in [-0.25, -0.2) is 4.98 Å². The Morgan fingerprint density at radius 2 is 2.29 bits per heavy atom. The van der Waals surface area contributed by atoms with Crippen LogP contribution in [0.3, 0.4) is 0 Å². The van der Waals surface area contributed by atoms with Crippen LogP contribution < -0.4 is 5.32 Å². The molecule has 0 saturated carbocycles. The predicted molar refractivity (Wildman–Crippen MR) is 66.8 cm³/mol. The van der Waals surface area contributed by atoms with Gasteiger partial charge >= 0.3 is 0 Å². The van der Waals surface area contributed by atoms with Crippen molar-refractivity contribution >= 4 is 0 Å². The SMILES string of the molecule is Cc1ccc(O)c(CNCCn2ccnc2)c1. The summed E-state index contributed by atoms with van der Waals surface area (Å²) in [6.07, 6.45) is 5.50. The highest BCUT2D eigenvalue weighted by molar-refractivity contribution is 5.35. The van der Waals surface area contributed by atoms with E-state index in [-0.39, 0.29) is 0 Å². The van der Waals surface area contributed by atoms with Gasteiger partial charge in [0.2, 0.25) is 0 Å². The van der Waals surface area contributed by atoms with Gasteiger partial charge in [-0.3, -0.25) is 0 Å². The zero-order valence-corrected chi connectivity index (χ0v) is 9.93. The molecule has 4 nitrogen and oxygen atoms in total. The first-order chi connectivity index (χ1) is 8.25. The minimum absolute atomic E-state index is 0.353. The second-order valence-corrected chi connectivity index (χ2v) is 4.11. The van der Waals surface area contributed by atoms with Gasteiger partial charge in [0.1, 0.15) is 5.75 Å². The zero-order valence-electron chi connectivity index (χ0n) is 9.93. The van der Waals surface area contributed by atoms with E-state index in [1.54, 1.807) is 18.6 Å². The van der Waals surface area contributed by atoms with Crippen LogP contribution in [-0.4, -0.2) is 21.2 Å². The van der Waals surface area contributed by atoms with Crippen molar-refractivity contribution in [3.63, 3.8) is 0 Å². The number of nitrogens with zero attached hydrogens (tertiary/aromatic N) is 2. The van der Waals surface area contributed by atoms with E-state index in [0.29, 0.717) is 12.3 Å². The summed E-state index contributed by atoms with van der Waals surface area (Å²) in [5.74, 6) is 0.353. The molecule has 0 aliphatic rings. The predicted octanol–water partition coefficient (Wildman–Crippen LogP) is 1.69. The van der Waals surface area contributed by atoms with Crippen molar-refractivity contribution in [3.8, 4) is 5.75 Å². The Labute approximate surface area is 101 Å². The summed E-state index contributed by atoms with van der Waals surface area (Å²) in [5.41, 5.74) is 2.10. The maximum atomic E-state index is 9.66. The smallest absolute Gasteiger partial charge is 0.120 e. The van der Waals surface area contributed by atoms with Gasteiger partial charge in [-0.1, -0.05) is 17.7 Å². The quantitative estimate of drug-likeness (QED) is 0.770. The summed E-state index contributed by atoms with van der Waals surface area (Å²) >= 11 is 0. The molecule has 1 heterocycles. The highest BCUT2D eigenvalue weighted by Gasteiger charge is 2.00. The number of aryl methyl sites for hydroxylation is 1. The lowest BCUT2D eigenvalue weighted by molar-refractivity contribution is 0.463. The molecule has 90 valence electrons. The van der Waals surface area contributed by atoms with Crippen molar-refractivity contribution in [1.82, 2.24) is 14.9 Å². The van der Waals surface area contributed by atoms with E-state index < -0.39 is 0 Å². The molecule has 0 saturated heterocycles.